The van der Waals surface area contributed by atoms with E-state index in [9.17, 15) is 8.42 Å². The smallest absolute Gasteiger partial charge is 0.214 e. The highest BCUT2D eigenvalue weighted by molar-refractivity contribution is 7.89. The van der Waals surface area contributed by atoms with Crippen molar-refractivity contribution in [1.29, 1.82) is 0 Å². The number of piperidine rings is 1. The standard InChI is InChI=1S/C10H20N2O2S/c1-2-3-7-15(13,14)12-6-4-5-10(8-11)9-12/h2,10H,1,3-9,11H2. The first kappa shape index (κ1) is 12.7. The van der Waals surface area contributed by atoms with Gasteiger partial charge in [0.15, 0.2) is 0 Å². The summed E-state index contributed by atoms with van der Waals surface area (Å²) in [5.41, 5.74) is 5.57. The Labute approximate surface area is 92.2 Å². The normalized spacial score (nSPS) is 23.9. The molecule has 1 fully saturated rings. The number of hydrogen-bond donors (Lipinski definition) is 1. The third-order valence-electron chi connectivity index (χ3n) is 2.79. The molecule has 1 saturated heterocycles. The van der Waals surface area contributed by atoms with Crippen molar-refractivity contribution in [3.8, 4) is 0 Å². The number of hydrogen-bond acceptors (Lipinski definition) is 3. The van der Waals surface area contributed by atoms with Gasteiger partial charge in [-0.05, 0) is 31.7 Å². The fourth-order valence-corrected chi connectivity index (χ4v) is 3.40. The second-order valence-corrected chi connectivity index (χ2v) is 6.08. The molecule has 0 radical (unpaired) electrons. The molecule has 0 spiro atoms. The molecule has 15 heavy (non-hydrogen) atoms. The van der Waals surface area contributed by atoms with Crippen molar-refractivity contribution < 1.29 is 8.42 Å². The van der Waals surface area contributed by atoms with Crippen LogP contribution in [0.1, 0.15) is 19.3 Å². The summed E-state index contributed by atoms with van der Waals surface area (Å²) in [6.45, 7) is 5.36. The minimum Gasteiger partial charge on any atom is -0.330 e. The highest BCUT2D eigenvalue weighted by Gasteiger charge is 2.27. The maximum absolute atomic E-state index is 11.8. The van der Waals surface area contributed by atoms with E-state index in [0.717, 1.165) is 12.8 Å². The number of nitrogens with zero attached hydrogens (tertiary/aromatic N) is 1. The summed E-state index contributed by atoms with van der Waals surface area (Å²) >= 11 is 0. The van der Waals surface area contributed by atoms with Crippen LogP contribution >= 0.6 is 0 Å². The van der Waals surface area contributed by atoms with Crippen LogP contribution in [0.5, 0.6) is 0 Å². The molecule has 5 heteroatoms. The van der Waals surface area contributed by atoms with Crippen LogP contribution in [0.2, 0.25) is 0 Å². The number of allylic oxidation sites excluding steroid dienone is 1. The Morgan fingerprint density at radius 3 is 2.87 bits per heavy atom. The fraction of sp³-hybridized carbons (Fsp3) is 0.800. The number of nitrogens with two attached hydrogens (primary N) is 1. The van der Waals surface area contributed by atoms with E-state index in [0.29, 0.717) is 32.0 Å². The predicted octanol–water partition coefficient (Wildman–Crippen LogP) is 0.563. The lowest BCUT2D eigenvalue weighted by Gasteiger charge is -2.31. The Hall–Kier alpha value is -0.390. The van der Waals surface area contributed by atoms with Gasteiger partial charge in [0.2, 0.25) is 10.0 Å². The van der Waals surface area contributed by atoms with Crippen molar-refractivity contribution in [2.24, 2.45) is 11.7 Å². The zero-order chi connectivity index (χ0) is 11.3. The van der Waals surface area contributed by atoms with Gasteiger partial charge in [0.05, 0.1) is 5.75 Å². The molecule has 1 aliphatic rings. The van der Waals surface area contributed by atoms with E-state index in [1.165, 1.54) is 0 Å². The minimum absolute atomic E-state index is 0.174. The lowest BCUT2D eigenvalue weighted by Crippen LogP contribution is -2.42. The molecule has 1 rings (SSSR count). The van der Waals surface area contributed by atoms with Gasteiger partial charge >= 0.3 is 0 Å². The molecular formula is C10H20N2O2S. The van der Waals surface area contributed by atoms with Crippen molar-refractivity contribution in [2.45, 2.75) is 19.3 Å². The molecule has 0 aromatic rings. The summed E-state index contributed by atoms with van der Waals surface area (Å²) in [6, 6.07) is 0. The molecule has 0 aromatic heterocycles. The molecule has 0 bridgehead atoms. The molecule has 1 aliphatic heterocycles. The second kappa shape index (κ2) is 5.63. The topological polar surface area (TPSA) is 63.4 Å². The molecule has 2 N–H and O–H groups in total. The lowest BCUT2D eigenvalue weighted by molar-refractivity contribution is 0.271. The molecule has 0 amide bonds. The maximum atomic E-state index is 11.8. The van der Waals surface area contributed by atoms with Gasteiger partial charge in [0.25, 0.3) is 0 Å². The van der Waals surface area contributed by atoms with E-state index in [1.54, 1.807) is 10.4 Å². The van der Waals surface area contributed by atoms with E-state index < -0.39 is 10.0 Å². The van der Waals surface area contributed by atoms with Crippen molar-refractivity contribution in [1.82, 2.24) is 4.31 Å². The van der Waals surface area contributed by atoms with Crippen molar-refractivity contribution in [3.05, 3.63) is 12.7 Å². The van der Waals surface area contributed by atoms with Gasteiger partial charge in [0, 0.05) is 13.1 Å². The van der Waals surface area contributed by atoms with Gasteiger partial charge in [0.1, 0.15) is 0 Å². The first-order valence-corrected chi connectivity index (χ1v) is 7.00. The molecule has 1 atom stereocenters. The molecule has 0 aliphatic carbocycles. The molecule has 4 nitrogen and oxygen atoms in total. The van der Waals surface area contributed by atoms with Gasteiger partial charge in [-0.2, -0.15) is 0 Å². The summed E-state index contributed by atoms with van der Waals surface area (Å²) in [5.74, 6) is 0.505. The van der Waals surface area contributed by atoms with Crippen LogP contribution < -0.4 is 5.73 Å². The molecule has 1 heterocycles. The summed E-state index contributed by atoms with van der Waals surface area (Å²) < 4.78 is 25.3. The number of sulfonamides is 1. The van der Waals surface area contributed by atoms with Crippen molar-refractivity contribution in [2.75, 3.05) is 25.4 Å². The SMILES string of the molecule is C=CCCS(=O)(=O)N1CCCC(CN)C1. The molecule has 1 unspecified atom stereocenters. The van der Waals surface area contributed by atoms with Crippen LogP contribution in [-0.4, -0.2) is 38.1 Å². The first-order chi connectivity index (χ1) is 7.10. The average Bonchev–Trinajstić information content (AvgIpc) is 2.26. The molecule has 88 valence electrons. The third-order valence-corrected chi connectivity index (χ3v) is 4.66. The summed E-state index contributed by atoms with van der Waals surface area (Å²) in [4.78, 5) is 0. The Kier molecular flexibility index (Phi) is 4.76. The molecule has 0 aromatic carbocycles. The second-order valence-electron chi connectivity index (χ2n) is 4.00. The van der Waals surface area contributed by atoms with Gasteiger partial charge in [-0.25, -0.2) is 12.7 Å². The van der Waals surface area contributed by atoms with Gasteiger partial charge in [-0.15, -0.1) is 6.58 Å². The van der Waals surface area contributed by atoms with Gasteiger partial charge < -0.3 is 5.73 Å². The van der Waals surface area contributed by atoms with Gasteiger partial charge in [-0.3, -0.25) is 0 Å². The Morgan fingerprint density at radius 1 is 1.53 bits per heavy atom. The molecule has 0 saturated carbocycles. The average molecular weight is 232 g/mol. The lowest BCUT2D eigenvalue weighted by atomic mass is 10.0. The van der Waals surface area contributed by atoms with Crippen molar-refractivity contribution in [3.63, 3.8) is 0 Å². The van der Waals surface area contributed by atoms with Crippen LogP contribution in [0.25, 0.3) is 0 Å². The zero-order valence-corrected chi connectivity index (χ0v) is 9.88. The molecular weight excluding hydrogens is 212 g/mol. The Balaban J connectivity index is 2.57. The number of rotatable bonds is 5. The van der Waals surface area contributed by atoms with E-state index in [4.69, 9.17) is 5.73 Å². The third kappa shape index (κ3) is 3.59. The quantitative estimate of drug-likeness (QED) is 0.705. The van der Waals surface area contributed by atoms with Crippen LogP contribution in [0.4, 0.5) is 0 Å². The van der Waals surface area contributed by atoms with E-state index in [1.807, 2.05) is 0 Å². The Morgan fingerprint density at radius 2 is 2.27 bits per heavy atom. The van der Waals surface area contributed by atoms with Crippen molar-refractivity contribution >= 4 is 10.0 Å². The van der Waals surface area contributed by atoms with Crippen LogP contribution in [0, 0.1) is 5.92 Å². The Bertz CT molecular complexity index is 301. The fourth-order valence-electron chi connectivity index (χ4n) is 1.83. The van der Waals surface area contributed by atoms with Crippen LogP contribution in [-0.2, 0) is 10.0 Å². The first-order valence-electron chi connectivity index (χ1n) is 5.39. The van der Waals surface area contributed by atoms with Crippen LogP contribution in [0.3, 0.4) is 0 Å². The largest absolute Gasteiger partial charge is 0.330 e. The van der Waals surface area contributed by atoms with Crippen LogP contribution in [0.15, 0.2) is 12.7 Å². The monoisotopic (exact) mass is 232 g/mol. The summed E-state index contributed by atoms with van der Waals surface area (Å²) in [5, 5.41) is 0. The van der Waals surface area contributed by atoms with E-state index in [-0.39, 0.29) is 5.75 Å². The van der Waals surface area contributed by atoms with E-state index >= 15 is 0 Å². The van der Waals surface area contributed by atoms with E-state index in [2.05, 4.69) is 6.58 Å². The highest BCUT2D eigenvalue weighted by Crippen LogP contribution is 2.18. The van der Waals surface area contributed by atoms with Gasteiger partial charge in [-0.1, -0.05) is 6.08 Å². The summed E-state index contributed by atoms with van der Waals surface area (Å²) in [6.07, 6.45) is 4.13. The highest BCUT2D eigenvalue weighted by atomic mass is 32.2. The predicted molar refractivity (Wildman–Crippen MR) is 62.0 cm³/mol. The minimum atomic E-state index is -3.08. The zero-order valence-electron chi connectivity index (χ0n) is 9.06. The maximum Gasteiger partial charge on any atom is 0.214 e. The summed E-state index contributed by atoms with van der Waals surface area (Å²) in [7, 11) is -3.08.